The summed E-state index contributed by atoms with van der Waals surface area (Å²) in [6.07, 6.45) is 3.47. The highest BCUT2D eigenvalue weighted by atomic mass is 127. The van der Waals surface area contributed by atoms with Crippen LogP contribution in [0.2, 0.25) is 0 Å². The second kappa shape index (κ2) is 14.2. The molecule has 0 bridgehead atoms. The Morgan fingerprint density at radius 3 is 2.86 bits per heavy atom. The minimum absolute atomic E-state index is 0. The van der Waals surface area contributed by atoms with Crippen LogP contribution in [0.5, 0.6) is 5.75 Å². The van der Waals surface area contributed by atoms with Gasteiger partial charge in [0.1, 0.15) is 17.9 Å². The van der Waals surface area contributed by atoms with E-state index in [1.165, 1.54) is 0 Å². The number of anilines is 1. The van der Waals surface area contributed by atoms with Gasteiger partial charge >= 0.3 is 0 Å². The van der Waals surface area contributed by atoms with Gasteiger partial charge in [0.05, 0.1) is 13.2 Å². The topological polar surface area (TPSA) is 85.6 Å². The number of halogens is 1. The van der Waals surface area contributed by atoms with Crippen molar-refractivity contribution >= 4 is 35.6 Å². The average Bonchev–Trinajstić information content (AvgIpc) is 3.13. The van der Waals surface area contributed by atoms with Gasteiger partial charge < -0.3 is 24.7 Å². The third-order valence-electron chi connectivity index (χ3n) is 3.83. The Balaban J connectivity index is 0.00000392. The number of guanidine groups is 1. The minimum atomic E-state index is 0. The van der Waals surface area contributed by atoms with Crippen molar-refractivity contribution in [1.82, 2.24) is 20.1 Å². The Bertz CT molecular complexity index is 707. The maximum absolute atomic E-state index is 5.75. The van der Waals surface area contributed by atoms with E-state index in [0.29, 0.717) is 19.8 Å². The third kappa shape index (κ3) is 8.42. The molecule has 0 fully saturated rings. The maximum Gasteiger partial charge on any atom is 0.195 e. The predicted molar refractivity (Wildman–Crippen MR) is 123 cm³/mol. The highest BCUT2D eigenvalue weighted by Gasteiger charge is 2.03. The lowest BCUT2D eigenvalue weighted by Gasteiger charge is -2.13. The monoisotopic (exact) mass is 502 g/mol. The number of aliphatic imine (C=N–C) groups is 1. The van der Waals surface area contributed by atoms with Crippen molar-refractivity contribution in [2.24, 2.45) is 4.99 Å². The molecule has 2 rings (SSSR count). The van der Waals surface area contributed by atoms with Crippen molar-refractivity contribution in [2.45, 2.75) is 33.2 Å². The summed E-state index contributed by atoms with van der Waals surface area (Å²) in [4.78, 5) is 4.64. The molecule has 2 N–H and O–H groups in total. The number of hydrogen-bond donors (Lipinski definition) is 2. The lowest BCUT2D eigenvalue weighted by atomic mass is 10.3. The molecule has 8 nitrogen and oxygen atoms in total. The van der Waals surface area contributed by atoms with Crippen molar-refractivity contribution in [2.75, 3.05) is 38.7 Å². The Kier molecular flexibility index (Phi) is 12.2. The summed E-state index contributed by atoms with van der Waals surface area (Å²) in [5.41, 5.74) is 0.928. The van der Waals surface area contributed by atoms with Crippen LogP contribution in [0.1, 0.15) is 26.1 Å². The van der Waals surface area contributed by atoms with Gasteiger partial charge in [-0.1, -0.05) is 13.0 Å². The zero-order valence-electron chi connectivity index (χ0n) is 16.9. The number of nitrogens with zero attached hydrogens (tertiary/aromatic N) is 4. The Hall–Kier alpha value is -1.88. The molecule has 1 heterocycles. The minimum Gasteiger partial charge on any atom is -0.493 e. The molecule has 0 radical (unpaired) electrons. The summed E-state index contributed by atoms with van der Waals surface area (Å²) in [5.74, 6) is 2.53. The summed E-state index contributed by atoms with van der Waals surface area (Å²) >= 11 is 0. The molecule has 9 heteroatoms. The SMILES string of the molecule is CCNC(=NCCn1cnnc1CC)Nc1cccc(OCCCOC)c1.I. The Morgan fingerprint density at radius 2 is 2.11 bits per heavy atom. The van der Waals surface area contributed by atoms with E-state index in [2.05, 4.69) is 32.7 Å². The van der Waals surface area contributed by atoms with Crippen LogP contribution in [0.4, 0.5) is 5.69 Å². The molecule has 2 aromatic rings. The summed E-state index contributed by atoms with van der Waals surface area (Å²) < 4.78 is 12.8. The number of aryl methyl sites for hydroxylation is 1. The fourth-order valence-corrected chi connectivity index (χ4v) is 2.51. The third-order valence-corrected chi connectivity index (χ3v) is 3.83. The molecule has 1 aromatic carbocycles. The highest BCUT2D eigenvalue weighted by Crippen LogP contribution is 2.17. The van der Waals surface area contributed by atoms with Crippen LogP contribution in [-0.4, -0.2) is 54.1 Å². The normalized spacial score (nSPS) is 11.0. The predicted octanol–water partition coefficient (Wildman–Crippen LogP) is 2.95. The molecule has 1 aromatic heterocycles. The van der Waals surface area contributed by atoms with E-state index in [4.69, 9.17) is 9.47 Å². The number of aromatic nitrogens is 3. The van der Waals surface area contributed by atoms with Gasteiger partial charge in [-0.2, -0.15) is 0 Å². The van der Waals surface area contributed by atoms with Crippen molar-refractivity contribution in [3.63, 3.8) is 0 Å². The van der Waals surface area contributed by atoms with Crippen molar-refractivity contribution in [1.29, 1.82) is 0 Å². The molecule has 0 aliphatic rings. The zero-order chi connectivity index (χ0) is 19.3. The fraction of sp³-hybridized carbons (Fsp3) is 0.526. The standard InChI is InChI=1S/C19H30N6O2.HI/c1-4-18-24-22-15-25(18)11-10-21-19(20-5-2)23-16-8-6-9-17(14-16)27-13-7-12-26-3;/h6,8-9,14-15H,4-5,7,10-13H2,1-3H3,(H2,20,21,23);1H. The lowest BCUT2D eigenvalue weighted by molar-refractivity contribution is 0.172. The molecule has 0 aliphatic heterocycles. The molecule has 0 saturated carbocycles. The molecule has 0 saturated heterocycles. The van der Waals surface area contributed by atoms with E-state index in [9.17, 15) is 0 Å². The Morgan fingerprint density at radius 1 is 1.25 bits per heavy atom. The molecule has 0 unspecified atom stereocenters. The van der Waals surface area contributed by atoms with E-state index in [1.807, 2.05) is 35.8 Å². The van der Waals surface area contributed by atoms with Crippen molar-refractivity contribution in [3.8, 4) is 5.75 Å². The largest absolute Gasteiger partial charge is 0.493 e. The quantitative estimate of drug-likeness (QED) is 0.213. The molecule has 0 atom stereocenters. The second-order valence-corrected chi connectivity index (χ2v) is 5.90. The summed E-state index contributed by atoms with van der Waals surface area (Å²) in [5, 5.41) is 14.6. The van der Waals surface area contributed by atoms with E-state index in [0.717, 1.165) is 49.2 Å². The first-order valence-corrected chi connectivity index (χ1v) is 9.40. The fourth-order valence-electron chi connectivity index (χ4n) is 2.51. The second-order valence-electron chi connectivity index (χ2n) is 5.90. The van der Waals surface area contributed by atoms with Crippen LogP contribution >= 0.6 is 24.0 Å². The molecule has 28 heavy (non-hydrogen) atoms. The van der Waals surface area contributed by atoms with E-state index < -0.39 is 0 Å². The molecule has 0 amide bonds. The van der Waals surface area contributed by atoms with Gasteiger partial charge in [-0.05, 0) is 19.1 Å². The lowest BCUT2D eigenvalue weighted by Crippen LogP contribution is -2.31. The first-order chi connectivity index (χ1) is 13.3. The molecule has 0 aliphatic carbocycles. The highest BCUT2D eigenvalue weighted by molar-refractivity contribution is 14.0. The van der Waals surface area contributed by atoms with Gasteiger partial charge in [-0.3, -0.25) is 4.99 Å². The van der Waals surface area contributed by atoms with Gasteiger partial charge in [0.2, 0.25) is 0 Å². The Labute approximate surface area is 184 Å². The number of methoxy groups -OCH3 is 1. The zero-order valence-corrected chi connectivity index (χ0v) is 19.2. The molecular formula is C19H31IN6O2. The number of hydrogen-bond acceptors (Lipinski definition) is 5. The summed E-state index contributed by atoms with van der Waals surface area (Å²) in [7, 11) is 1.69. The molecule has 156 valence electrons. The molecule has 0 spiro atoms. The maximum atomic E-state index is 5.75. The van der Waals surface area contributed by atoms with Crippen LogP contribution in [0.25, 0.3) is 0 Å². The van der Waals surface area contributed by atoms with Gasteiger partial charge in [0.25, 0.3) is 0 Å². The van der Waals surface area contributed by atoms with Crippen LogP contribution in [0.3, 0.4) is 0 Å². The van der Waals surface area contributed by atoms with Gasteiger partial charge in [-0.25, -0.2) is 0 Å². The molecular weight excluding hydrogens is 471 g/mol. The van der Waals surface area contributed by atoms with E-state index in [-0.39, 0.29) is 24.0 Å². The summed E-state index contributed by atoms with van der Waals surface area (Å²) in [6.45, 7) is 7.60. The summed E-state index contributed by atoms with van der Waals surface area (Å²) in [6, 6.07) is 7.86. The number of nitrogens with one attached hydrogen (secondary N) is 2. The van der Waals surface area contributed by atoms with Crippen molar-refractivity contribution < 1.29 is 9.47 Å². The average molecular weight is 502 g/mol. The van der Waals surface area contributed by atoms with Crippen LogP contribution in [-0.2, 0) is 17.7 Å². The van der Waals surface area contributed by atoms with Gasteiger partial charge in [0.15, 0.2) is 5.96 Å². The number of benzene rings is 1. The van der Waals surface area contributed by atoms with Crippen molar-refractivity contribution in [3.05, 3.63) is 36.4 Å². The van der Waals surface area contributed by atoms with Crippen LogP contribution in [0.15, 0.2) is 35.6 Å². The first kappa shape index (κ1) is 24.2. The number of rotatable bonds is 11. The first-order valence-electron chi connectivity index (χ1n) is 9.40. The van der Waals surface area contributed by atoms with E-state index in [1.54, 1.807) is 13.4 Å². The van der Waals surface area contributed by atoms with Crippen LogP contribution in [0, 0.1) is 0 Å². The van der Waals surface area contributed by atoms with Crippen LogP contribution < -0.4 is 15.4 Å². The number of ether oxygens (including phenoxy) is 2. The van der Waals surface area contributed by atoms with E-state index >= 15 is 0 Å². The smallest absolute Gasteiger partial charge is 0.195 e. The van der Waals surface area contributed by atoms with Gasteiger partial charge in [0, 0.05) is 51.4 Å². The van der Waals surface area contributed by atoms with Gasteiger partial charge in [-0.15, -0.1) is 34.2 Å².